The SMILES string of the molecule is CO/N=C(\C(=O)N[C@@H]1C(=O)N2C(C(=O)O)=C(CSC(=N)N(C)NC(=O)C(=O)O)CS[C@H]12)c1csc(N)n1. The zero-order valence-electron chi connectivity index (χ0n) is 19.1. The van der Waals surface area contributed by atoms with Gasteiger partial charge in [-0.1, -0.05) is 16.9 Å². The molecule has 2 atom stereocenters. The number of hydrogen-bond donors (Lipinski definition) is 6. The molecule has 1 fully saturated rings. The van der Waals surface area contributed by atoms with E-state index < -0.39 is 41.1 Å². The van der Waals surface area contributed by atoms with Gasteiger partial charge < -0.3 is 26.1 Å². The first kappa shape index (κ1) is 27.7. The summed E-state index contributed by atoms with van der Waals surface area (Å²) in [5, 5.41) is 34.2. The summed E-state index contributed by atoms with van der Waals surface area (Å²) in [7, 11) is 2.49. The van der Waals surface area contributed by atoms with Crippen LogP contribution in [0.25, 0.3) is 0 Å². The molecule has 3 heterocycles. The number of amides is 3. The number of β-lactam (4-membered cyclic amide) rings is 1. The Bertz CT molecular complexity index is 1230. The second-order valence-corrected chi connectivity index (χ2v) is 10.2. The molecule has 16 nitrogen and oxygen atoms in total. The van der Waals surface area contributed by atoms with Gasteiger partial charge in [-0.2, -0.15) is 0 Å². The lowest BCUT2D eigenvalue weighted by Gasteiger charge is -2.49. The third kappa shape index (κ3) is 5.94. The van der Waals surface area contributed by atoms with Crippen molar-refractivity contribution in [2.75, 3.05) is 31.4 Å². The maximum Gasteiger partial charge on any atom is 0.396 e. The number of hydrazine groups is 1. The molecule has 0 aliphatic carbocycles. The van der Waals surface area contributed by atoms with Crippen molar-refractivity contribution in [2.45, 2.75) is 11.4 Å². The fourth-order valence-electron chi connectivity index (χ4n) is 3.20. The number of anilines is 1. The summed E-state index contributed by atoms with van der Waals surface area (Å²) < 4.78 is 0. The third-order valence-electron chi connectivity index (χ3n) is 4.85. The molecule has 19 heteroatoms. The van der Waals surface area contributed by atoms with E-state index in [1.807, 2.05) is 5.43 Å². The molecule has 1 aromatic rings. The van der Waals surface area contributed by atoms with E-state index in [9.17, 15) is 29.1 Å². The largest absolute Gasteiger partial charge is 0.477 e. The van der Waals surface area contributed by atoms with Crippen molar-refractivity contribution in [2.24, 2.45) is 5.16 Å². The highest BCUT2D eigenvalue weighted by Gasteiger charge is 2.54. The zero-order chi connectivity index (χ0) is 27.4. The molecule has 1 saturated heterocycles. The molecule has 2 aliphatic heterocycles. The summed E-state index contributed by atoms with van der Waals surface area (Å²) >= 11 is 3.13. The fourth-order valence-corrected chi connectivity index (χ4v) is 6.01. The zero-order valence-corrected chi connectivity index (χ0v) is 21.5. The van der Waals surface area contributed by atoms with Crippen LogP contribution in [0.4, 0.5) is 5.13 Å². The molecule has 7 N–H and O–H groups in total. The van der Waals surface area contributed by atoms with Crippen molar-refractivity contribution in [3.8, 4) is 0 Å². The Kier molecular flexibility index (Phi) is 8.61. The van der Waals surface area contributed by atoms with Crippen molar-refractivity contribution in [1.82, 2.24) is 25.6 Å². The number of carboxylic acids is 2. The van der Waals surface area contributed by atoms with E-state index in [1.54, 1.807) is 0 Å². The summed E-state index contributed by atoms with van der Waals surface area (Å²) in [6.45, 7) is 0. The van der Waals surface area contributed by atoms with Gasteiger partial charge in [0, 0.05) is 23.9 Å². The highest BCUT2D eigenvalue weighted by atomic mass is 32.2. The summed E-state index contributed by atoms with van der Waals surface area (Å²) in [6.07, 6.45) is 0. The second kappa shape index (κ2) is 11.5. The summed E-state index contributed by atoms with van der Waals surface area (Å²) in [4.78, 5) is 69.3. The summed E-state index contributed by atoms with van der Waals surface area (Å²) in [5.41, 5.74) is 7.59. The number of fused-ring (bicyclic) bond motifs is 1. The van der Waals surface area contributed by atoms with E-state index in [2.05, 4.69) is 15.5 Å². The van der Waals surface area contributed by atoms with E-state index in [1.165, 1.54) is 31.3 Å². The normalized spacial score (nSPS) is 18.9. The number of carbonyl (C=O) groups is 5. The first-order valence-corrected chi connectivity index (χ1v) is 12.9. The maximum atomic E-state index is 12.9. The lowest BCUT2D eigenvalue weighted by atomic mass is 10.0. The number of carboxylic acid groups (broad SMARTS) is 2. The Hall–Kier alpha value is -3.84. The van der Waals surface area contributed by atoms with E-state index in [-0.39, 0.29) is 38.9 Å². The molecule has 0 aromatic carbocycles. The van der Waals surface area contributed by atoms with Gasteiger partial charge in [-0.3, -0.25) is 35.1 Å². The van der Waals surface area contributed by atoms with Gasteiger partial charge in [0.2, 0.25) is 0 Å². The van der Waals surface area contributed by atoms with Gasteiger partial charge in [0.1, 0.15) is 29.9 Å². The number of oxime groups is 1. The first-order chi connectivity index (χ1) is 17.5. The Morgan fingerprint density at radius 2 is 2.08 bits per heavy atom. The van der Waals surface area contributed by atoms with E-state index in [0.29, 0.717) is 5.57 Å². The van der Waals surface area contributed by atoms with Crippen LogP contribution in [0.3, 0.4) is 0 Å². The number of aliphatic carboxylic acids is 2. The van der Waals surface area contributed by atoms with Crippen molar-refractivity contribution in [1.29, 1.82) is 5.41 Å². The Labute approximate surface area is 220 Å². The highest BCUT2D eigenvalue weighted by molar-refractivity contribution is 8.13. The molecule has 198 valence electrons. The van der Waals surface area contributed by atoms with Crippen molar-refractivity contribution >= 4 is 80.5 Å². The Morgan fingerprint density at radius 3 is 2.65 bits per heavy atom. The number of rotatable bonds is 7. The summed E-state index contributed by atoms with van der Waals surface area (Å²) in [5.74, 6) is -5.69. The number of aromatic nitrogens is 1. The van der Waals surface area contributed by atoms with E-state index in [4.69, 9.17) is 21.1 Å². The molecule has 0 unspecified atom stereocenters. The molecule has 37 heavy (non-hydrogen) atoms. The van der Waals surface area contributed by atoms with Crippen LogP contribution in [0.2, 0.25) is 0 Å². The Morgan fingerprint density at radius 1 is 1.38 bits per heavy atom. The lowest BCUT2D eigenvalue weighted by molar-refractivity contribution is -0.151. The predicted octanol–water partition coefficient (Wildman–Crippen LogP) is -1.47. The van der Waals surface area contributed by atoms with E-state index >= 15 is 0 Å². The lowest BCUT2D eigenvalue weighted by Crippen LogP contribution is -2.71. The van der Waals surface area contributed by atoms with Crippen LogP contribution in [-0.4, -0.2) is 103 Å². The van der Waals surface area contributed by atoms with Crippen LogP contribution in [0.15, 0.2) is 21.8 Å². The number of thiazole rings is 1. The van der Waals surface area contributed by atoms with Gasteiger partial charge in [0.25, 0.3) is 11.8 Å². The number of hydrogen-bond acceptors (Lipinski definition) is 13. The third-order valence-corrected chi connectivity index (χ3v) is 7.90. The average Bonchev–Trinajstić information content (AvgIpc) is 3.28. The number of nitrogens with zero attached hydrogens (tertiary/aromatic N) is 4. The van der Waals surface area contributed by atoms with Crippen LogP contribution in [-0.2, 0) is 28.8 Å². The number of carbonyl (C=O) groups excluding carboxylic acids is 3. The van der Waals surface area contributed by atoms with Crippen LogP contribution >= 0.6 is 34.9 Å². The minimum Gasteiger partial charge on any atom is -0.477 e. The molecule has 0 bridgehead atoms. The molecule has 1 aromatic heterocycles. The molecule has 3 rings (SSSR count). The number of nitrogen functional groups attached to an aromatic ring is 1. The highest BCUT2D eigenvalue weighted by Crippen LogP contribution is 2.41. The fraction of sp³-hybridized carbons (Fsp3) is 0.333. The van der Waals surface area contributed by atoms with Crippen LogP contribution in [0.5, 0.6) is 0 Å². The molecule has 0 saturated carbocycles. The smallest absolute Gasteiger partial charge is 0.396 e. The van der Waals surface area contributed by atoms with Crippen molar-refractivity contribution in [3.05, 3.63) is 22.3 Å². The van der Waals surface area contributed by atoms with E-state index in [0.717, 1.165) is 33.0 Å². The van der Waals surface area contributed by atoms with Crippen LogP contribution < -0.4 is 16.5 Å². The minimum absolute atomic E-state index is 0.0236. The number of nitrogens with one attached hydrogen (secondary N) is 3. The van der Waals surface area contributed by atoms with Crippen molar-refractivity contribution < 1.29 is 39.0 Å². The molecule has 0 radical (unpaired) electrons. The Balaban J connectivity index is 1.69. The maximum absolute atomic E-state index is 12.9. The topological polar surface area (TPSA) is 241 Å². The standard InChI is InChI=1S/C18H20N8O8S3/c1-25(23-12(28)16(32)33)18(20)37-4-6-3-35-14-9(13(29)26(14)10(6)15(30)31)22-11(27)8(24-34-2)7-5-36-17(19)21-7/h5,9,14,20H,3-4H2,1-2H3,(H2,19,21)(H,22,27)(H,23,28)(H,30,31)(H,32,33)/b20-18?,24-8-/t9-,14-/m1/s1. The number of thioether (sulfide) groups is 2. The van der Waals surface area contributed by atoms with Crippen LogP contribution in [0, 0.1) is 5.41 Å². The van der Waals surface area contributed by atoms with Gasteiger partial charge in [-0.25, -0.2) is 14.6 Å². The van der Waals surface area contributed by atoms with Gasteiger partial charge in [0.15, 0.2) is 16.0 Å². The summed E-state index contributed by atoms with van der Waals surface area (Å²) in [6, 6.07) is -1.03. The number of nitrogens with two attached hydrogens (primary N) is 1. The number of amidine groups is 1. The van der Waals surface area contributed by atoms with Gasteiger partial charge in [-0.05, 0) is 5.57 Å². The predicted molar refractivity (Wildman–Crippen MR) is 133 cm³/mol. The van der Waals surface area contributed by atoms with Gasteiger partial charge in [-0.15, -0.1) is 23.1 Å². The van der Waals surface area contributed by atoms with Gasteiger partial charge >= 0.3 is 17.8 Å². The van der Waals surface area contributed by atoms with Crippen LogP contribution in [0.1, 0.15) is 5.69 Å². The molecule has 3 amide bonds. The van der Waals surface area contributed by atoms with Gasteiger partial charge in [0.05, 0.1) is 0 Å². The quantitative estimate of drug-likeness (QED) is 0.0720. The molecular formula is C18H20N8O8S3. The second-order valence-electron chi connectivity index (χ2n) is 7.21. The molecule has 2 aliphatic rings. The molecular weight excluding hydrogens is 552 g/mol. The monoisotopic (exact) mass is 572 g/mol. The molecule has 0 spiro atoms. The van der Waals surface area contributed by atoms with Crippen molar-refractivity contribution in [3.63, 3.8) is 0 Å². The first-order valence-electron chi connectivity index (χ1n) is 9.98. The average molecular weight is 573 g/mol. The minimum atomic E-state index is -1.73.